The van der Waals surface area contributed by atoms with E-state index in [1.54, 1.807) is 0 Å². The molecule has 1 radical (unpaired) electrons. The molecule has 0 spiro atoms. The number of rotatable bonds is 10. The molecule has 0 amide bonds. The number of fused-ring (bicyclic) bond motifs is 7. The van der Waals surface area contributed by atoms with E-state index in [-0.39, 0.29) is 31.9 Å². The van der Waals surface area contributed by atoms with Crippen LogP contribution in [0.1, 0.15) is 104 Å². The summed E-state index contributed by atoms with van der Waals surface area (Å²) in [7, 11) is 0. The van der Waals surface area contributed by atoms with Crippen LogP contribution in [0, 0.1) is 12.1 Å². The summed E-state index contributed by atoms with van der Waals surface area (Å²) in [6.07, 6.45) is 0. The molecule has 13 rings (SSSR count). The van der Waals surface area contributed by atoms with Gasteiger partial charge in [-0.15, -0.1) is 53.6 Å². The molecule has 0 bridgehead atoms. The second kappa shape index (κ2) is 21.7. The van der Waals surface area contributed by atoms with Gasteiger partial charge in [-0.3, -0.25) is 9.97 Å². The molecule has 3 heterocycles. The van der Waals surface area contributed by atoms with Crippen LogP contribution in [0.3, 0.4) is 0 Å². The molecule has 0 N–H and O–H groups in total. The Morgan fingerprint density at radius 3 is 1.55 bits per heavy atom. The van der Waals surface area contributed by atoms with Crippen LogP contribution < -0.4 is 0 Å². The Labute approximate surface area is 474 Å². The molecule has 0 saturated carbocycles. The van der Waals surface area contributed by atoms with Crippen molar-refractivity contribution in [3.63, 3.8) is 0 Å². The van der Waals surface area contributed by atoms with E-state index in [2.05, 4.69) is 188 Å². The summed E-state index contributed by atoms with van der Waals surface area (Å²) in [4.78, 5) is 10.3. The van der Waals surface area contributed by atoms with Crippen molar-refractivity contribution in [1.29, 1.82) is 0 Å². The van der Waals surface area contributed by atoms with Crippen LogP contribution in [0.5, 0.6) is 0 Å². The summed E-state index contributed by atoms with van der Waals surface area (Å²) in [5.74, 6) is 0.446. The maximum atomic E-state index is 8.94. The van der Waals surface area contributed by atoms with E-state index in [1.165, 1.54) is 33.3 Å². The van der Waals surface area contributed by atoms with Gasteiger partial charge in [-0.2, -0.15) is 0 Å². The third kappa shape index (κ3) is 9.37. The van der Waals surface area contributed by atoms with E-state index in [1.807, 2.05) is 94.4 Å². The Morgan fingerprint density at radius 2 is 0.936 bits per heavy atom. The van der Waals surface area contributed by atoms with Gasteiger partial charge in [-0.25, -0.2) is 0 Å². The minimum Gasteiger partial charge on any atom is -0.500 e. The number of hydrogen-bond acceptors (Lipinski definition) is 3. The fourth-order valence-corrected chi connectivity index (χ4v) is 11.1. The summed E-state index contributed by atoms with van der Waals surface area (Å²) in [6.45, 7) is 16.7. The van der Waals surface area contributed by atoms with Crippen LogP contribution in [0.4, 0.5) is 0 Å². The third-order valence-electron chi connectivity index (χ3n) is 14.9. The van der Waals surface area contributed by atoms with E-state index in [9.17, 15) is 0 Å². The quantitative estimate of drug-likeness (QED) is 0.128. The monoisotopic (exact) mass is 1190 g/mol. The van der Waals surface area contributed by atoms with Crippen LogP contribution in [-0.2, 0) is 20.1 Å². The first-order chi connectivity index (χ1) is 38.1. The van der Waals surface area contributed by atoms with Gasteiger partial charge in [0.1, 0.15) is 5.58 Å². The molecule has 0 aliphatic rings. The van der Waals surface area contributed by atoms with Crippen LogP contribution >= 0.6 is 0 Å². The summed E-state index contributed by atoms with van der Waals surface area (Å²) >= 11 is 0. The van der Waals surface area contributed by atoms with Crippen LogP contribution in [0.15, 0.2) is 211 Å². The van der Waals surface area contributed by atoms with Gasteiger partial charge in [0.05, 0.1) is 39.3 Å². The molecule has 387 valence electrons. The number of benzene rings is 10. The Bertz CT molecular complexity index is 4340. The Kier molecular flexibility index (Phi) is 13.8. The molecule has 0 atom stereocenters. The zero-order valence-corrected chi connectivity index (χ0v) is 47.7. The maximum Gasteiger partial charge on any atom is 0.128 e. The van der Waals surface area contributed by atoms with E-state index in [0.717, 1.165) is 100 Å². The topological polar surface area (TPSA) is 48.8 Å². The normalized spacial score (nSPS) is 12.3. The first-order valence-electron chi connectivity index (χ1n) is 27.8. The summed E-state index contributed by atoms with van der Waals surface area (Å²) in [6, 6.07) is 78.2. The standard InChI is InChI=1S/C41H33N2O.C31H29N2.Ir/c1-25(2)34-23-29(27-13-6-5-7-14-27)24-35(26(3)4)38(34)43-37-20-11-10-19-36(37)42-41(43)33-18-12-17-31-32-22-21-28-15-8-9-16-30(28)39(32)44-40(31)33;1-21(2)26-16-11-17-27(22(3)4)30(26)33-29-19-9-8-18-28(29)32-31(33)25-15-10-14-24(20-25)23-12-6-5-7-13-23;/h5-17,19-26H,1-4H3;5-14,16-22H,1-4H3;/q2*-1;/i;21D,22D;. The predicted molar refractivity (Wildman–Crippen MR) is 323 cm³/mol. The molecule has 10 aromatic carbocycles. The summed E-state index contributed by atoms with van der Waals surface area (Å²) < 4.78 is 29.2. The predicted octanol–water partition coefficient (Wildman–Crippen LogP) is 19.9. The molecule has 5 nitrogen and oxygen atoms in total. The second-order valence-electron chi connectivity index (χ2n) is 21.1. The molecular formula is C72H62IrN4O-2. The van der Waals surface area contributed by atoms with Gasteiger partial charge >= 0.3 is 0 Å². The van der Waals surface area contributed by atoms with Gasteiger partial charge in [0.2, 0.25) is 0 Å². The van der Waals surface area contributed by atoms with Gasteiger partial charge in [0, 0.05) is 45.0 Å². The fourth-order valence-electron chi connectivity index (χ4n) is 11.1. The molecule has 0 aliphatic carbocycles. The Balaban J connectivity index is 0.000000171. The first-order valence-corrected chi connectivity index (χ1v) is 26.8. The van der Waals surface area contributed by atoms with Gasteiger partial charge in [-0.1, -0.05) is 206 Å². The summed E-state index contributed by atoms with van der Waals surface area (Å²) in [5.41, 5.74) is 18.4. The SMILES string of the molecule is CC(C)c1cc(-c2ccccc2)cc(C(C)C)c1-n1c(-c2[c-]ccc3c2oc2c4ccccc4ccc32)nc2ccccc21.[2H]C(C)(C)c1cccc(C([2H])(C)C)c1-n1c(-c2[c-]ccc(-c3ccccc3)c2)nc2ccccc21.[Ir]. The van der Waals surface area contributed by atoms with Crippen molar-refractivity contribution in [2.45, 2.75) is 79.0 Å². The van der Waals surface area contributed by atoms with Crippen molar-refractivity contribution < 1.29 is 27.3 Å². The third-order valence-corrected chi connectivity index (χ3v) is 14.9. The van der Waals surface area contributed by atoms with Crippen LogP contribution in [0.25, 0.3) is 111 Å². The molecule has 6 heteroatoms. The van der Waals surface area contributed by atoms with Crippen molar-refractivity contribution >= 4 is 54.8 Å². The molecule has 0 saturated heterocycles. The molecule has 13 aromatic rings. The minimum absolute atomic E-state index is 0. The number of para-hydroxylation sites is 5. The average Bonchev–Trinajstić information content (AvgIpc) is 4.17. The Hall–Kier alpha value is -8.15. The average molecular weight is 1190 g/mol. The van der Waals surface area contributed by atoms with E-state index >= 15 is 0 Å². The van der Waals surface area contributed by atoms with Gasteiger partial charge < -0.3 is 13.6 Å². The fraction of sp³-hybridized carbons (Fsp3) is 0.167. The molecule has 3 aromatic heterocycles. The van der Waals surface area contributed by atoms with Crippen molar-refractivity contribution in [1.82, 2.24) is 19.1 Å². The van der Waals surface area contributed by atoms with Crippen LogP contribution in [0.2, 0.25) is 0 Å². The number of hydrogen-bond donors (Lipinski definition) is 0. The zero-order chi connectivity index (χ0) is 54.7. The van der Waals surface area contributed by atoms with Gasteiger partial charge in [0.25, 0.3) is 0 Å². The number of imidazole rings is 2. The van der Waals surface area contributed by atoms with E-state index < -0.39 is 11.8 Å². The van der Waals surface area contributed by atoms with Gasteiger partial charge in [-0.05, 0) is 104 Å². The Morgan fingerprint density at radius 1 is 0.423 bits per heavy atom. The van der Waals surface area contributed by atoms with Crippen molar-refractivity contribution in [2.75, 3.05) is 0 Å². The number of nitrogens with zero attached hydrogens (tertiary/aromatic N) is 4. The molecule has 0 aliphatic heterocycles. The second-order valence-corrected chi connectivity index (χ2v) is 21.1. The number of aromatic nitrogens is 4. The largest absolute Gasteiger partial charge is 0.500 e. The van der Waals surface area contributed by atoms with Crippen molar-refractivity contribution in [3.8, 4) is 56.4 Å². The van der Waals surface area contributed by atoms with E-state index in [4.69, 9.17) is 17.1 Å². The molecule has 78 heavy (non-hydrogen) atoms. The smallest absolute Gasteiger partial charge is 0.128 e. The van der Waals surface area contributed by atoms with Crippen molar-refractivity contribution in [2.24, 2.45) is 0 Å². The molecule has 0 unspecified atom stereocenters. The van der Waals surface area contributed by atoms with E-state index in [0.29, 0.717) is 0 Å². The maximum absolute atomic E-state index is 8.94. The van der Waals surface area contributed by atoms with Gasteiger partial charge in [0.15, 0.2) is 0 Å². The molecule has 0 fully saturated rings. The summed E-state index contributed by atoms with van der Waals surface area (Å²) in [5, 5.41) is 4.46. The molecular weight excluding hydrogens is 1130 g/mol. The first kappa shape index (κ1) is 49.4. The number of furan rings is 1. The van der Waals surface area contributed by atoms with Crippen LogP contribution in [-0.4, -0.2) is 19.1 Å². The minimum atomic E-state index is -0.866. The van der Waals surface area contributed by atoms with Crippen molar-refractivity contribution in [3.05, 3.63) is 241 Å². The zero-order valence-electron chi connectivity index (χ0n) is 47.3.